The van der Waals surface area contributed by atoms with E-state index in [1.54, 1.807) is 0 Å². The van der Waals surface area contributed by atoms with Crippen LogP contribution < -0.4 is 5.73 Å². The molecule has 18 heavy (non-hydrogen) atoms. The molecule has 1 aromatic rings. The third kappa shape index (κ3) is 3.12. The number of rotatable bonds is 4. The molecule has 1 aliphatic heterocycles. The van der Waals surface area contributed by atoms with Gasteiger partial charge >= 0.3 is 0 Å². The van der Waals surface area contributed by atoms with E-state index in [0.29, 0.717) is 12.1 Å². The molecule has 1 unspecified atom stereocenters. The summed E-state index contributed by atoms with van der Waals surface area (Å²) in [6.07, 6.45) is 4.59. The van der Waals surface area contributed by atoms with Crippen molar-refractivity contribution < 1.29 is 0 Å². The first kappa shape index (κ1) is 13.6. The van der Waals surface area contributed by atoms with Gasteiger partial charge in [0.25, 0.3) is 0 Å². The lowest BCUT2D eigenvalue weighted by Gasteiger charge is -2.36. The molecule has 1 atom stereocenters. The van der Waals surface area contributed by atoms with E-state index in [1.807, 2.05) is 0 Å². The van der Waals surface area contributed by atoms with Gasteiger partial charge in [0.2, 0.25) is 0 Å². The lowest BCUT2D eigenvalue weighted by Crippen LogP contribution is -2.41. The van der Waals surface area contributed by atoms with Crippen LogP contribution in [-0.2, 0) is 6.42 Å². The van der Waals surface area contributed by atoms with E-state index in [2.05, 4.69) is 43.0 Å². The molecule has 0 spiro atoms. The van der Waals surface area contributed by atoms with E-state index in [9.17, 15) is 0 Å². The van der Waals surface area contributed by atoms with Gasteiger partial charge in [-0.05, 0) is 36.8 Å². The van der Waals surface area contributed by atoms with Crippen LogP contribution in [0.3, 0.4) is 0 Å². The summed E-state index contributed by atoms with van der Waals surface area (Å²) in [5, 5.41) is 0. The quantitative estimate of drug-likeness (QED) is 0.884. The Balaban J connectivity index is 2.07. The molecular formula is C16H26N2. The topological polar surface area (TPSA) is 29.3 Å². The second-order valence-corrected chi connectivity index (χ2v) is 5.39. The van der Waals surface area contributed by atoms with Gasteiger partial charge < -0.3 is 5.73 Å². The van der Waals surface area contributed by atoms with Crippen LogP contribution in [-0.4, -0.2) is 24.0 Å². The largest absolute Gasteiger partial charge is 0.328 e. The first-order valence-corrected chi connectivity index (χ1v) is 7.33. The lowest BCUT2D eigenvalue weighted by molar-refractivity contribution is 0.149. The van der Waals surface area contributed by atoms with Crippen molar-refractivity contribution in [1.29, 1.82) is 0 Å². The molecule has 0 radical (unpaired) electrons. The zero-order valence-corrected chi connectivity index (χ0v) is 11.7. The Morgan fingerprint density at radius 1 is 1.17 bits per heavy atom. The van der Waals surface area contributed by atoms with Crippen molar-refractivity contribution in [3.63, 3.8) is 0 Å². The van der Waals surface area contributed by atoms with Crippen molar-refractivity contribution in [3.8, 4) is 0 Å². The number of likely N-dealkylation sites (tertiary alicyclic amines) is 1. The zero-order chi connectivity index (χ0) is 13.0. The Morgan fingerprint density at radius 2 is 1.78 bits per heavy atom. The number of piperidine rings is 1. The van der Waals surface area contributed by atoms with Gasteiger partial charge in [-0.25, -0.2) is 0 Å². The number of hydrogen-bond donors (Lipinski definition) is 1. The Morgan fingerprint density at radius 3 is 2.28 bits per heavy atom. The Bertz CT molecular complexity index is 350. The summed E-state index contributed by atoms with van der Waals surface area (Å²) < 4.78 is 0. The number of benzene rings is 1. The van der Waals surface area contributed by atoms with Gasteiger partial charge in [-0.15, -0.1) is 0 Å². The van der Waals surface area contributed by atoms with Gasteiger partial charge in [0, 0.05) is 25.2 Å². The van der Waals surface area contributed by atoms with Crippen LogP contribution in [0.15, 0.2) is 24.3 Å². The molecule has 0 amide bonds. The molecule has 1 heterocycles. The second kappa shape index (κ2) is 6.35. The molecule has 0 aliphatic carbocycles. The molecule has 2 nitrogen and oxygen atoms in total. The maximum Gasteiger partial charge on any atom is 0.0345 e. The molecule has 0 aromatic heterocycles. The van der Waals surface area contributed by atoms with Gasteiger partial charge in [0.1, 0.15) is 0 Å². The van der Waals surface area contributed by atoms with Gasteiger partial charge in [-0.1, -0.05) is 38.1 Å². The summed E-state index contributed by atoms with van der Waals surface area (Å²) in [7, 11) is 0. The SMILES string of the molecule is CCc1ccc(C(CC)N2CCC(N)CC2)cc1. The molecule has 1 fully saturated rings. The average Bonchev–Trinajstić information content (AvgIpc) is 2.42. The molecule has 1 aromatic carbocycles. The predicted octanol–water partition coefficient (Wildman–Crippen LogP) is 3.12. The molecule has 2 N–H and O–H groups in total. The monoisotopic (exact) mass is 246 g/mol. The normalized spacial score (nSPS) is 19.9. The van der Waals surface area contributed by atoms with Crippen molar-refractivity contribution in [2.45, 2.75) is 51.6 Å². The van der Waals surface area contributed by atoms with Crippen LogP contribution in [0.5, 0.6) is 0 Å². The summed E-state index contributed by atoms with van der Waals surface area (Å²) in [6.45, 7) is 6.79. The molecule has 100 valence electrons. The van der Waals surface area contributed by atoms with Crippen molar-refractivity contribution in [2.75, 3.05) is 13.1 Å². The van der Waals surface area contributed by atoms with E-state index in [4.69, 9.17) is 5.73 Å². The fraction of sp³-hybridized carbons (Fsp3) is 0.625. The van der Waals surface area contributed by atoms with Crippen LogP contribution in [0.1, 0.15) is 50.3 Å². The highest BCUT2D eigenvalue weighted by molar-refractivity contribution is 5.25. The Hall–Kier alpha value is -0.860. The van der Waals surface area contributed by atoms with Crippen molar-refractivity contribution in [2.24, 2.45) is 5.73 Å². The fourth-order valence-corrected chi connectivity index (χ4v) is 2.91. The second-order valence-electron chi connectivity index (χ2n) is 5.39. The van der Waals surface area contributed by atoms with Crippen LogP contribution in [0.25, 0.3) is 0 Å². The molecule has 1 saturated heterocycles. The highest BCUT2D eigenvalue weighted by Gasteiger charge is 2.23. The molecule has 2 heteroatoms. The first-order chi connectivity index (χ1) is 8.74. The number of hydrogen-bond acceptors (Lipinski definition) is 2. The first-order valence-electron chi connectivity index (χ1n) is 7.33. The van der Waals surface area contributed by atoms with Crippen LogP contribution in [0, 0.1) is 0 Å². The molecular weight excluding hydrogens is 220 g/mol. The van der Waals surface area contributed by atoms with E-state index in [0.717, 1.165) is 32.4 Å². The summed E-state index contributed by atoms with van der Waals surface area (Å²) in [4.78, 5) is 2.60. The Labute approximate surface area is 111 Å². The highest BCUT2D eigenvalue weighted by atomic mass is 15.2. The smallest absolute Gasteiger partial charge is 0.0345 e. The maximum absolute atomic E-state index is 5.99. The summed E-state index contributed by atoms with van der Waals surface area (Å²) in [5.74, 6) is 0. The van der Waals surface area contributed by atoms with Crippen LogP contribution >= 0.6 is 0 Å². The number of nitrogens with zero attached hydrogens (tertiary/aromatic N) is 1. The maximum atomic E-state index is 5.99. The van der Waals surface area contributed by atoms with Crippen LogP contribution in [0.4, 0.5) is 0 Å². The lowest BCUT2D eigenvalue weighted by atomic mass is 9.97. The minimum atomic E-state index is 0.418. The third-order valence-corrected chi connectivity index (χ3v) is 4.17. The Kier molecular flexibility index (Phi) is 4.79. The van der Waals surface area contributed by atoms with Crippen LogP contribution in [0.2, 0.25) is 0 Å². The molecule has 0 saturated carbocycles. The number of nitrogens with two attached hydrogens (primary N) is 1. The molecule has 1 aliphatic rings. The standard InChI is InChI=1S/C16H26N2/c1-3-13-5-7-14(8-6-13)16(4-2)18-11-9-15(17)10-12-18/h5-8,15-16H,3-4,9-12,17H2,1-2H3. The fourth-order valence-electron chi connectivity index (χ4n) is 2.91. The van der Waals surface area contributed by atoms with E-state index in [-0.39, 0.29) is 0 Å². The zero-order valence-electron chi connectivity index (χ0n) is 11.7. The minimum Gasteiger partial charge on any atom is -0.328 e. The highest BCUT2D eigenvalue weighted by Crippen LogP contribution is 2.27. The molecule has 2 rings (SSSR count). The minimum absolute atomic E-state index is 0.418. The third-order valence-electron chi connectivity index (χ3n) is 4.17. The van der Waals surface area contributed by atoms with E-state index >= 15 is 0 Å². The predicted molar refractivity (Wildman–Crippen MR) is 77.6 cm³/mol. The summed E-state index contributed by atoms with van der Waals surface area (Å²) in [6, 6.07) is 10.1. The number of aryl methyl sites for hydroxylation is 1. The average molecular weight is 246 g/mol. The molecule has 0 bridgehead atoms. The van der Waals surface area contributed by atoms with E-state index < -0.39 is 0 Å². The van der Waals surface area contributed by atoms with Gasteiger partial charge in [0.15, 0.2) is 0 Å². The van der Waals surface area contributed by atoms with Crippen molar-refractivity contribution in [1.82, 2.24) is 4.90 Å². The van der Waals surface area contributed by atoms with Crippen molar-refractivity contribution >= 4 is 0 Å². The summed E-state index contributed by atoms with van der Waals surface area (Å²) in [5.41, 5.74) is 8.88. The summed E-state index contributed by atoms with van der Waals surface area (Å²) >= 11 is 0. The van der Waals surface area contributed by atoms with E-state index in [1.165, 1.54) is 17.5 Å². The van der Waals surface area contributed by atoms with Gasteiger partial charge in [-0.3, -0.25) is 4.90 Å². The van der Waals surface area contributed by atoms with Gasteiger partial charge in [0.05, 0.1) is 0 Å². The van der Waals surface area contributed by atoms with Crippen molar-refractivity contribution in [3.05, 3.63) is 35.4 Å². The van der Waals surface area contributed by atoms with Gasteiger partial charge in [-0.2, -0.15) is 0 Å².